The standard InChI is InChI=1S/C15H16N2O5S/c1-19-5-4-16-15(18)11-8-23-14(17-11)7-20-10-2-3-12-13(6-10)22-9-21-12/h2-3,6,8H,4-5,7,9H2,1H3,(H,16,18). The van der Waals surface area contributed by atoms with Gasteiger partial charge in [0.05, 0.1) is 6.61 Å². The lowest BCUT2D eigenvalue weighted by molar-refractivity contribution is 0.0932. The fourth-order valence-corrected chi connectivity index (χ4v) is 2.64. The van der Waals surface area contributed by atoms with Gasteiger partial charge in [0.25, 0.3) is 5.91 Å². The number of rotatable bonds is 7. The first-order chi connectivity index (χ1) is 11.3. The smallest absolute Gasteiger partial charge is 0.270 e. The molecule has 1 aliphatic rings. The number of methoxy groups -OCH3 is 1. The summed E-state index contributed by atoms with van der Waals surface area (Å²) in [5.74, 6) is 1.82. The second-order valence-electron chi connectivity index (χ2n) is 4.68. The molecule has 0 saturated heterocycles. The summed E-state index contributed by atoms with van der Waals surface area (Å²) in [5, 5.41) is 5.15. The highest BCUT2D eigenvalue weighted by molar-refractivity contribution is 7.09. The van der Waals surface area contributed by atoms with Gasteiger partial charge in [-0.3, -0.25) is 4.79 Å². The fraction of sp³-hybridized carbons (Fsp3) is 0.333. The van der Waals surface area contributed by atoms with E-state index >= 15 is 0 Å². The highest BCUT2D eigenvalue weighted by Crippen LogP contribution is 2.35. The number of carbonyl (C=O) groups is 1. The molecule has 0 bridgehead atoms. The second kappa shape index (κ2) is 7.30. The molecule has 1 amide bonds. The molecule has 0 spiro atoms. The van der Waals surface area contributed by atoms with Crippen LogP contribution in [0.1, 0.15) is 15.5 Å². The number of hydrogen-bond donors (Lipinski definition) is 1. The quantitative estimate of drug-likeness (QED) is 0.777. The van der Waals surface area contributed by atoms with Gasteiger partial charge < -0.3 is 24.3 Å². The maximum absolute atomic E-state index is 11.8. The molecule has 0 aliphatic carbocycles. The monoisotopic (exact) mass is 336 g/mol. The Kier molecular flexibility index (Phi) is 4.94. The molecule has 0 atom stereocenters. The van der Waals surface area contributed by atoms with Crippen LogP contribution in [0.3, 0.4) is 0 Å². The van der Waals surface area contributed by atoms with Crippen LogP contribution in [0.4, 0.5) is 0 Å². The van der Waals surface area contributed by atoms with Gasteiger partial charge in [0.2, 0.25) is 6.79 Å². The van der Waals surface area contributed by atoms with Gasteiger partial charge in [-0.05, 0) is 12.1 Å². The van der Waals surface area contributed by atoms with Crippen LogP contribution in [-0.2, 0) is 11.3 Å². The van der Waals surface area contributed by atoms with E-state index in [2.05, 4.69) is 10.3 Å². The van der Waals surface area contributed by atoms with Crippen LogP contribution in [0, 0.1) is 0 Å². The summed E-state index contributed by atoms with van der Waals surface area (Å²) < 4.78 is 21.1. The Morgan fingerprint density at radius 1 is 1.39 bits per heavy atom. The maximum atomic E-state index is 11.8. The molecule has 7 nitrogen and oxygen atoms in total. The number of nitrogens with one attached hydrogen (secondary N) is 1. The van der Waals surface area contributed by atoms with Crippen LogP contribution in [0.25, 0.3) is 0 Å². The minimum Gasteiger partial charge on any atom is -0.486 e. The largest absolute Gasteiger partial charge is 0.486 e. The summed E-state index contributed by atoms with van der Waals surface area (Å²) in [4.78, 5) is 16.1. The zero-order valence-electron chi connectivity index (χ0n) is 12.5. The number of aromatic nitrogens is 1. The number of benzene rings is 1. The number of hydrogen-bond acceptors (Lipinski definition) is 7. The van der Waals surface area contributed by atoms with Gasteiger partial charge >= 0.3 is 0 Å². The lowest BCUT2D eigenvalue weighted by Gasteiger charge is -2.05. The van der Waals surface area contributed by atoms with Crippen molar-refractivity contribution in [1.82, 2.24) is 10.3 Å². The first kappa shape index (κ1) is 15.6. The number of nitrogens with zero attached hydrogens (tertiary/aromatic N) is 1. The van der Waals surface area contributed by atoms with Gasteiger partial charge in [-0.1, -0.05) is 0 Å². The topological polar surface area (TPSA) is 78.9 Å². The van der Waals surface area contributed by atoms with Crippen molar-refractivity contribution in [3.63, 3.8) is 0 Å². The van der Waals surface area contributed by atoms with Crippen molar-refractivity contribution in [2.75, 3.05) is 27.1 Å². The van der Waals surface area contributed by atoms with Gasteiger partial charge in [-0.25, -0.2) is 4.98 Å². The fourth-order valence-electron chi connectivity index (χ4n) is 1.95. The molecule has 0 saturated carbocycles. The molecular formula is C15H16N2O5S. The van der Waals surface area contributed by atoms with Crippen molar-refractivity contribution >= 4 is 17.2 Å². The first-order valence-electron chi connectivity index (χ1n) is 7.00. The third kappa shape index (κ3) is 3.91. The Balaban J connectivity index is 1.54. The zero-order chi connectivity index (χ0) is 16.1. The molecule has 0 unspecified atom stereocenters. The molecular weight excluding hydrogens is 320 g/mol. The molecule has 1 N–H and O–H groups in total. The van der Waals surface area contributed by atoms with Crippen LogP contribution in [0.2, 0.25) is 0 Å². The van der Waals surface area contributed by atoms with E-state index in [0.717, 1.165) is 5.01 Å². The Morgan fingerprint density at radius 3 is 3.13 bits per heavy atom. The Bertz CT molecular complexity index is 688. The Morgan fingerprint density at radius 2 is 2.26 bits per heavy atom. The molecule has 1 aromatic carbocycles. The Labute approximate surface area is 137 Å². The van der Waals surface area contributed by atoms with Crippen LogP contribution >= 0.6 is 11.3 Å². The van der Waals surface area contributed by atoms with Crippen LogP contribution in [-0.4, -0.2) is 37.9 Å². The molecule has 0 radical (unpaired) electrons. The molecule has 2 heterocycles. The predicted molar refractivity (Wildman–Crippen MR) is 83.2 cm³/mol. The van der Waals surface area contributed by atoms with E-state index in [0.29, 0.717) is 36.1 Å². The van der Waals surface area contributed by atoms with E-state index in [9.17, 15) is 4.79 Å². The van der Waals surface area contributed by atoms with Crippen molar-refractivity contribution < 1.29 is 23.7 Å². The molecule has 0 fully saturated rings. The van der Waals surface area contributed by atoms with E-state index in [1.165, 1.54) is 11.3 Å². The van der Waals surface area contributed by atoms with Crippen molar-refractivity contribution in [2.24, 2.45) is 0 Å². The van der Waals surface area contributed by atoms with Gasteiger partial charge in [0.15, 0.2) is 11.5 Å². The van der Waals surface area contributed by atoms with Crippen molar-refractivity contribution in [2.45, 2.75) is 6.61 Å². The maximum Gasteiger partial charge on any atom is 0.270 e. The van der Waals surface area contributed by atoms with E-state index < -0.39 is 0 Å². The lowest BCUT2D eigenvalue weighted by Crippen LogP contribution is -2.27. The van der Waals surface area contributed by atoms with E-state index in [1.807, 2.05) is 0 Å². The second-order valence-corrected chi connectivity index (χ2v) is 5.62. The summed E-state index contributed by atoms with van der Waals surface area (Å²) in [5.41, 5.74) is 0.385. The van der Waals surface area contributed by atoms with Crippen LogP contribution < -0.4 is 19.5 Å². The van der Waals surface area contributed by atoms with E-state index in [1.54, 1.807) is 30.7 Å². The van der Waals surface area contributed by atoms with Gasteiger partial charge in [-0.15, -0.1) is 11.3 Å². The summed E-state index contributed by atoms with van der Waals surface area (Å²) in [6.07, 6.45) is 0. The number of amides is 1. The molecule has 1 aliphatic heterocycles. The van der Waals surface area contributed by atoms with Crippen LogP contribution in [0.15, 0.2) is 23.6 Å². The average Bonchev–Trinajstić information content (AvgIpc) is 3.21. The lowest BCUT2D eigenvalue weighted by atomic mass is 10.3. The van der Waals surface area contributed by atoms with Crippen molar-refractivity contribution in [3.05, 3.63) is 34.3 Å². The summed E-state index contributed by atoms with van der Waals surface area (Å²) in [6.45, 7) is 1.44. The first-order valence-corrected chi connectivity index (χ1v) is 7.88. The van der Waals surface area contributed by atoms with Gasteiger partial charge in [-0.2, -0.15) is 0 Å². The highest BCUT2D eigenvalue weighted by Gasteiger charge is 2.14. The third-order valence-corrected chi connectivity index (χ3v) is 3.90. The van der Waals surface area contributed by atoms with Crippen LogP contribution in [0.5, 0.6) is 17.2 Å². The highest BCUT2D eigenvalue weighted by atomic mass is 32.1. The predicted octanol–water partition coefficient (Wildman–Crippen LogP) is 1.83. The van der Waals surface area contributed by atoms with Crippen molar-refractivity contribution in [3.8, 4) is 17.2 Å². The molecule has 3 rings (SSSR count). The normalized spacial score (nSPS) is 12.2. The molecule has 122 valence electrons. The summed E-state index contributed by atoms with van der Waals surface area (Å²) in [6, 6.07) is 5.38. The molecule has 8 heteroatoms. The van der Waals surface area contributed by atoms with E-state index in [-0.39, 0.29) is 19.3 Å². The Hall–Kier alpha value is -2.32. The van der Waals surface area contributed by atoms with Gasteiger partial charge in [0, 0.05) is 25.1 Å². The number of carbonyl (C=O) groups excluding carboxylic acids is 1. The van der Waals surface area contributed by atoms with E-state index in [4.69, 9.17) is 18.9 Å². The SMILES string of the molecule is COCCNC(=O)c1csc(COc2ccc3c(c2)OCO3)n1. The summed E-state index contributed by atoms with van der Waals surface area (Å²) in [7, 11) is 1.58. The summed E-state index contributed by atoms with van der Waals surface area (Å²) >= 11 is 1.38. The average molecular weight is 336 g/mol. The third-order valence-electron chi connectivity index (χ3n) is 3.08. The van der Waals surface area contributed by atoms with Crippen molar-refractivity contribution in [1.29, 1.82) is 0 Å². The number of fused-ring (bicyclic) bond motifs is 1. The molecule has 1 aromatic heterocycles. The van der Waals surface area contributed by atoms with Gasteiger partial charge in [0.1, 0.15) is 23.1 Å². The minimum atomic E-state index is -0.215. The molecule has 23 heavy (non-hydrogen) atoms. The number of ether oxygens (including phenoxy) is 4. The minimum absolute atomic E-state index is 0.215. The molecule has 2 aromatic rings. The number of thiazole rings is 1. The zero-order valence-corrected chi connectivity index (χ0v) is 13.4.